The number of tetrazole rings is 1. The first kappa shape index (κ1) is 21.0. The highest BCUT2D eigenvalue weighted by Crippen LogP contribution is 2.35. The van der Waals surface area contributed by atoms with Crippen molar-refractivity contribution in [1.29, 1.82) is 0 Å². The van der Waals surface area contributed by atoms with Crippen molar-refractivity contribution in [2.24, 2.45) is 12.8 Å². The van der Waals surface area contributed by atoms with E-state index in [1.54, 1.807) is 0 Å². The molecule has 2 aliphatic rings. The van der Waals surface area contributed by atoms with Crippen LogP contribution in [-0.2, 0) is 24.9 Å². The van der Waals surface area contributed by atoms with E-state index in [1.807, 2.05) is 11.6 Å². The number of nitrogens with zero attached hydrogens (tertiary/aromatic N) is 7. The van der Waals surface area contributed by atoms with Gasteiger partial charge in [-0.1, -0.05) is 0 Å². The van der Waals surface area contributed by atoms with Crippen molar-refractivity contribution in [3.63, 3.8) is 0 Å². The molecule has 3 aromatic rings. The molecule has 0 bridgehead atoms. The zero-order chi connectivity index (χ0) is 22.6. The molecule has 32 heavy (non-hydrogen) atoms. The molecule has 9 nitrogen and oxygen atoms in total. The number of benzene rings is 1. The summed E-state index contributed by atoms with van der Waals surface area (Å²) in [6, 6.07) is 2.86. The molecule has 2 N–H and O–H groups in total. The van der Waals surface area contributed by atoms with Crippen molar-refractivity contribution in [3.8, 4) is 11.6 Å². The molecule has 12 heteroatoms. The van der Waals surface area contributed by atoms with E-state index >= 15 is 0 Å². The summed E-state index contributed by atoms with van der Waals surface area (Å²) >= 11 is 0. The molecule has 0 radical (unpaired) electrons. The predicted molar refractivity (Wildman–Crippen MR) is 107 cm³/mol. The molecule has 0 saturated carbocycles. The maximum atomic E-state index is 14.2. The Bertz CT molecular complexity index is 1150. The van der Waals surface area contributed by atoms with E-state index in [2.05, 4.69) is 25.3 Å². The van der Waals surface area contributed by atoms with Crippen molar-refractivity contribution < 1.29 is 17.9 Å². The van der Waals surface area contributed by atoms with Crippen LogP contribution in [0.5, 0.6) is 0 Å². The van der Waals surface area contributed by atoms with Crippen LogP contribution in [0.3, 0.4) is 0 Å². The number of imidazole rings is 1. The SMILES string of the molecule is CC(F)n1nnc(-c2nc3c(n2C)CN([C@H]2CO[C@H](c4cc(F)ccc4F)[C@@H](N)C2)C3)n1. The molecule has 0 amide bonds. The third kappa shape index (κ3) is 3.57. The molecule has 4 atom stereocenters. The van der Waals surface area contributed by atoms with E-state index in [-0.39, 0.29) is 17.4 Å². The lowest BCUT2D eigenvalue weighted by molar-refractivity contribution is -0.0534. The standard InChI is InChI=1S/C20H23F3N8O/c1-10(21)31-27-19(26-28-31)20-25-16-7-30(8-17(16)29(20)2)12-6-15(24)18(32-9-12)13-5-11(22)3-4-14(13)23/h3-5,10,12,15,18H,6-9,24H2,1-2H3/t10?,12-,15+,18-/m1/s1. The van der Waals surface area contributed by atoms with Gasteiger partial charge >= 0.3 is 0 Å². The van der Waals surface area contributed by atoms with Crippen LogP contribution in [0.25, 0.3) is 11.6 Å². The Morgan fingerprint density at radius 3 is 2.75 bits per heavy atom. The zero-order valence-corrected chi connectivity index (χ0v) is 17.6. The Hall–Kier alpha value is -2.83. The summed E-state index contributed by atoms with van der Waals surface area (Å²) in [6.07, 6.45) is -1.49. The fraction of sp³-hybridized carbons (Fsp3) is 0.500. The fourth-order valence-electron chi connectivity index (χ4n) is 4.43. The number of aromatic nitrogens is 6. The molecular formula is C20H23F3N8O. The zero-order valence-electron chi connectivity index (χ0n) is 17.6. The minimum atomic E-state index is -1.38. The van der Waals surface area contributed by atoms with E-state index in [9.17, 15) is 13.2 Å². The molecule has 1 aromatic carbocycles. The number of halogens is 3. The maximum Gasteiger partial charge on any atom is 0.240 e. The lowest BCUT2D eigenvalue weighted by Crippen LogP contribution is -2.47. The van der Waals surface area contributed by atoms with Gasteiger partial charge in [0.2, 0.25) is 12.1 Å². The van der Waals surface area contributed by atoms with Gasteiger partial charge in [0.15, 0.2) is 5.82 Å². The normalized spacial score (nSPS) is 24.6. The van der Waals surface area contributed by atoms with E-state index < -0.39 is 30.1 Å². The van der Waals surface area contributed by atoms with Gasteiger partial charge in [-0.3, -0.25) is 4.90 Å². The highest BCUT2D eigenvalue weighted by molar-refractivity contribution is 5.46. The van der Waals surface area contributed by atoms with Crippen molar-refractivity contribution in [2.45, 2.75) is 50.9 Å². The number of rotatable bonds is 4. The molecule has 1 saturated heterocycles. The predicted octanol–water partition coefficient (Wildman–Crippen LogP) is 2.01. The van der Waals surface area contributed by atoms with Crippen LogP contribution in [0.4, 0.5) is 13.2 Å². The van der Waals surface area contributed by atoms with Gasteiger partial charge in [0, 0.05) is 37.8 Å². The van der Waals surface area contributed by atoms with Crippen LogP contribution in [0.15, 0.2) is 18.2 Å². The van der Waals surface area contributed by atoms with Gasteiger partial charge in [0.25, 0.3) is 0 Å². The molecular weight excluding hydrogens is 425 g/mol. The molecule has 0 aliphatic carbocycles. The monoisotopic (exact) mass is 448 g/mol. The Kier molecular flexibility index (Phi) is 5.22. The Morgan fingerprint density at radius 1 is 1.25 bits per heavy atom. The molecule has 2 aromatic heterocycles. The summed E-state index contributed by atoms with van der Waals surface area (Å²) in [5.74, 6) is -0.254. The summed E-state index contributed by atoms with van der Waals surface area (Å²) in [6.45, 7) is 2.87. The summed E-state index contributed by atoms with van der Waals surface area (Å²) in [7, 11) is 1.86. The van der Waals surface area contributed by atoms with Crippen molar-refractivity contribution in [3.05, 3.63) is 46.8 Å². The smallest absolute Gasteiger partial charge is 0.240 e. The second-order valence-electron chi connectivity index (χ2n) is 8.27. The first-order valence-electron chi connectivity index (χ1n) is 10.4. The Morgan fingerprint density at radius 2 is 2.06 bits per heavy atom. The summed E-state index contributed by atoms with van der Waals surface area (Å²) in [4.78, 5) is 7.74. The average molecular weight is 448 g/mol. The van der Waals surface area contributed by atoms with Crippen molar-refractivity contribution >= 4 is 0 Å². The molecule has 4 heterocycles. The number of hydrogen-bond acceptors (Lipinski definition) is 7. The van der Waals surface area contributed by atoms with Gasteiger partial charge in [-0.2, -0.15) is 0 Å². The topological polar surface area (TPSA) is 99.9 Å². The summed E-state index contributed by atoms with van der Waals surface area (Å²) < 4.78 is 48.9. The number of alkyl halides is 1. The molecule has 170 valence electrons. The molecule has 0 spiro atoms. The molecule has 1 unspecified atom stereocenters. The van der Waals surface area contributed by atoms with E-state index in [4.69, 9.17) is 10.5 Å². The largest absolute Gasteiger partial charge is 0.370 e. The highest BCUT2D eigenvalue weighted by atomic mass is 19.1. The third-order valence-electron chi connectivity index (χ3n) is 6.13. The average Bonchev–Trinajstić information content (AvgIpc) is 3.46. The lowest BCUT2D eigenvalue weighted by Gasteiger charge is -2.38. The minimum absolute atomic E-state index is 0.0157. The van der Waals surface area contributed by atoms with Crippen molar-refractivity contribution in [1.82, 2.24) is 34.7 Å². The fourth-order valence-corrected chi connectivity index (χ4v) is 4.43. The van der Waals surface area contributed by atoms with Gasteiger partial charge in [0.05, 0.1) is 18.0 Å². The molecule has 1 fully saturated rings. The number of hydrogen-bond donors (Lipinski definition) is 1. The quantitative estimate of drug-likeness (QED) is 0.652. The number of fused-ring (bicyclic) bond motifs is 1. The van der Waals surface area contributed by atoms with Gasteiger partial charge in [-0.15, -0.1) is 15.0 Å². The van der Waals surface area contributed by atoms with E-state index in [1.165, 1.54) is 6.92 Å². The van der Waals surface area contributed by atoms with Crippen LogP contribution >= 0.6 is 0 Å². The second kappa shape index (κ2) is 7.94. The van der Waals surface area contributed by atoms with Crippen LogP contribution in [0, 0.1) is 11.6 Å². The summed E-state index contributed by atoms with van der Waals surface area (Å²) in [5, 5.41) is 11.7. The number of ether oxygens (including phenoxy) is 1. The van der Waals surface area contributed by atoms with Gasteiger partial charge < -0.3 is 15.0 Å². The second-order valence-corrected chi connectivity index (χ2v) is 8.27. The number of nitrogens with two attached hydrogens (primary N) is 1. The Labute approximate surface area is 182 Å². The van der Waals surface area contributed by atoms with Crippen LogP contribution in [-0.4, -0.2) is 53.3 Å². The van der Waals surface area contributed by atoms with E-state index in [0.717, 1.165) is 34.4 Å². The van der Waals surface area contributed by atoms with Gasteiger partial charge in [-0.25, -0.2) is 18.2 Å². The van der Waals surface area contributed by atoms with Crippen molar-refractivity contribution in [2.75, 3.05) is 6.61 Å². The van der Waals surface area contributed by atoms with Gasteiger partial charge in [-0.05, 0) is 36.8 Å². The van der Waals surface area contributed by atoms with Crippen LogP contribution in [0.1, 0.15) is 42.7 Å². The van der Waals surface area contributed by atoms with Gasteiger partial charge in [0.1, 0.15) is 17.7 Å². The lowest BCUT2D eigenvalue weighted by atomic mass is 9.93. The van der Waals surface area contributed by atoms with Crippen LogP contribution < -0.4 is 5.73 Å². The van der Waals surface area contributed by atoms with Crippen LogP contribution in [0.2, 0.25) is 0 Å². The molecule has 2 aliphatic heterocycles. The summed E-state index contributed by atoms with van der Waals surface area (Å²) in [5.41, 5.74) is 8.33. The first-order valence-corrected chi connectivity index (χ1v) is 10.4. The first-order chi connectivity index (χ1) is 15.3. The minimum Gasteiger partial charge on any atom is -0.370 e. The Balaban J connectivity index is 1.28. The molecule has 5 rings (SSSR count). The maximum absolute atomic E-state index is 14.2. The third-order valence-corrected chi connectivity index (χ3v) is 6.13. The highest BCUT2D eigenvalue weighted by Gasteiger charge is 2.38. The van der Waals surface area contributed by atoms with E-state index in [0.29, 0.717) is 31.9 Å².